The van der Waals surface area contributed by atoms with E-state index in [1.807, 2.05) is 10.6 Å². The Kier molecular flexibility index (Phi) is 6.02. The molecule has 0 N–H and O–H groups in total. The van der Waals surface area contributed by atoms with Gasteiger partial charge >= 0.3 is 0 Å². The molecule has 28 heavy (non-hydrogen) atoms. The lowest BCUT2D eigenvalue weighted by Gasteiger charge is -2.26. The first-order valence-corrected chi connectivity index (χ1v) is 10.5. The van der Waals surface area contributed by atoms with Crippen LogP contribution in [0.2, 0.25) is 0 Å². The molecule has 0 atom stereocenters. The summed E-state index contributed by atoms with van der Waals surface area (Å²) < 4.78 is 29.3. The quantitative estimate of drug-likeness (QED) is 0.556. The van der Waals surface area contributed by atoms with Gasteiger partial charge in [0.1, 0.15) is 11.6 Å². The van der Waals surface area contributed by atoms with Gasteiger partial charge in [0.15, 0.2) is 11.0 Å². The molecule has 146 valence electrons. The molecule has 0 bridgehead atoms. The topological polar surface area (TPSA) is 34.0 Å². The first-order valence-electron chi connectivity index (χ1n) is 9.49. The highest BCUT2D eigenvalue weighted by atomic mass is 32.2. The van der Waals surface area contributed by atoms with E-state index >= 15 is 0 Å². The molecular weight excluding hydrogens is 378 g/mol. The Morgan fingerprint density at radius 2 is 1.64 bits per heavy atom. The van der Waals surface area contributed by atoms with Crippen LogP contribution in [0.5, 0.6) is 0 Å². The molecule has 0 saturated carbocycles. The predicted octanol–water partition coefficient (Wildman–Crippen LogP) is 4.82. The zero-order valence-corrected chi connectivity index (χ0v) is 16.3. The standard InChI is InChI=1S/C21H22F2N4S/c22-17-8-10-18(11-9-17)27-20(14-26-12-4-1-5-13-26)24-25-21(27)28-15-16-6-2-3-7-19(16)23/h2-3,6-11H,1,4-5,12-15H2. The van der Waals surface area contributed by atoms with Crippen LogP contribution in [0.15, 0.2) is 53.7 Å². The van der Waals surface area contributed by atoms with Crippen LogP contribution in [-0.2, 0) is 12.3 Å². The van der Waals surface area contributed by atoms with Crippen molar-refractivity contribution >= 4 is 11.8 Å². The second-order valence-electron chi connectivity index (χ2n) is 6.93. The van der Waals surface area contributed by atoms with Gasteiger partial charge in [0, 0.05) is 11.4 Å². The fourth-order valence-corrected chi connectivity index (χ4v) is 4.38. The van der Waals surface area contributed by atoms with E-state index in [2.05, 4.69) is 15.1 Å². The lowest BCUT2D eigenvalue weighted by Crippen LogP contribution is -2.30. The molecule has 0 spiro atoms. The maximum absolute atomic E-state index is 14.0. The summed E-state index contributed by atoms with van der Waals surface area (Å²) in [7, 11) is 0. The van der Waals surface area contributed by atoms with Crippen molar-refractivity contribution in [2.24, 2.45) is 0 Å². The summed E-state index contributed by atoms with van der Waals surface area (Å²) in [5, 5.41) is 9.45. The van der Waals surface area contributed by atoms with E-state index in [0.29, 0.717) is 23.0 Å². The van der Waals surface area contributed by atoms with Crippen molar-refractivity contribution in [1.29, 1.82) is 0 Å². The molecule has 0 aliphatic carbocycles. The van der Waals surface area contributed by atoms with E-state index in [-0.39, 0.29) is 11.6 Å². The number of aromatic nitrogens is 3. The van der Waals surface area contributed by atoms with Crippen molar-refractivity contribution in [3.63, 3.8) is 0 Å². The summed E-state index contributed by atoms with van der Waals surface area (Å²) in [5.41, 5.74) is 1.44. The molecule has 2 aromatic carbocycles. The summed E-state index contributed by atoms with van der Waals surface area (Å²) in [5.74, 6) is 0.770. The Labute approximate surface area is 167 Å². The Bertz CT molecular complexity index is 920. The first kappa shape index (κ1) is 19.1. The Morgan fingerprint density at radius 1 is 0.893 bits per heavy atom. The molecule has 1 aromatic heterocycles. The summed E-state index contributed by atoms with van der Waals surface area (Å²) in [6.07, 6.45) is 3.66. The minimum atomic E-state index is -0.282. The van der Waals surface area contributed by atoms with Gasteiger partial charge in [-0.3, -0.25) is 9.47 Å². The molecule has 1 saturated heterocycles. The molecule has 1 aliphatic heterocycles. The van der Waals surface area contributed by atoms with E-state index in [0.717, 1.165) is 24.6 Å². The number of hydrogen-bond donors (Lipinski definition) is 0. The molecule has 7 heteroatoms. The van der Waals surface area contributed by atoms with Crippen molar-refractivity contribution in [3.05, 3.63) is 71.6 Å². The molecule has 0 amide bonds. The number of hydrogen-bond acceptors (Lipinski definition) is 4. The summed E-state index contributed by atoms with van der Waals surface area (Å²) in [6.45, 7) is 2.80. The third-order valence-corrected chi connectivity index (χ3v) is 5.89. The fourth-order valence-electron chi connectivity index (χ4n) is 3.42. The highest BCUT2D eigenvalue weighted by Crippen LogP contribution is 2.27. The number of halogens is 2. The maximum atomic E-state index is 14.0. The van der Waals surface area contributed by atoms with E-state index in [9.17, 15) is 8.78 Å². The van der Waals surface area contributed by atoms with Crippen molar-refractivity contribution < 1.29 is 8.78 Å². The second kappa shape index (κ2) is 8.84. The van der Waals surface area contributed by atoms with Crippen LogP contribution >= 0.6 is 11.8 Å². The molecule has 1 fully saturated rings. The summed E-state index contributed by atoms with van der Waals surface area (Å²) in [6, 6.07) is 13.1. The Morgan fingerprint density at radius 3 is 2.39 bits per heavy atom. The molecule has 2 heterocycles. The highest BCUT2D eigenvalue weighted by Gasteiger charge is 2.19. The van der Waals surface area contributed by atoms with Gasteiger partial charge in [-0.05, 0) is 61.8 Å². The molecule has 0 unspecified atom stereocenters. The fraction of sp³-hybridized carbons (Fsp3) is 0.333. The number of rotatable bonds is 6. The van der Waals surface area contributed by atoms with Gasteiger partial charge in [-0.2, -0.15) is 0 Å². The molecule has 4 nitrogen and oxygen atoms in total. The number of nitrogens with zero attached hydrogens (tertiary/aromatic N) is 4. The number of piperidine rings is 1. The van der Waals surface area contributed by atoms with Gasteiger partial charge in [0.2, 0.25) is 0 Å². The molecule has 1 aliphatic rings. The SMILES string of the molecule is Fc1ccc(-n2c(CN3CCCCC3)nnc2SCc2ccccc2F)cc1. The van der Waals surface area contributed by atoms with Gasteiger partial charge in [-0.25, -0.2) is 8.78 Å². The van der Waals surface area contributed by atoms with Gasteiger partial charge in [0.05, 0.1) is 6.54 Å². The largest absolute Gasteiger partial charge is 0.296 e. The van der Waals surface area contributed by atoms with E-state index < -0.39 is 0 Å². The van der Waals surface area contributed by atoms with Crippen LogP contribution in [0.1, 0.15) is 30.7 Å². The van der Waals surface area contributed by atoms with Crippen LogP contribution in [0.3, 0.4) is 0 Å². The molecule has 3 aromatic rings. The third-order valence-electron chi connectivity index (χ3n) is 4.91. The van der Waals surface area contributed by atoms with Gasteiger partial charge < -0.3 is 0 Å². The summed E-state index contributed by atoms with van der Waals surface area (Å²) in [4.78, 5) is 2.37. The molecule has 0 radical (unpaired) electrons. The lowest BCUT2D eigenvalue weighted by atomic mass is 10.1. The monoisotopic (exact) mass is 400 g/mol. The minimum absolute atomic E-state index is 0.226. The van der Waals surface area contributed by atoms with E-state index in [1.165, 1.54) is 49.2 Å². The van der Waals surface area contributed by atoms with Crippen LogP contribution in [0, 0.1) is 11.6 Å². The van der Waals surface area contributed by atoms with E-state index in [4.69, 9.17) is 0 Å². The predicted molar refractivity (Wildman–Crippen MR) is 106 cm³/mol. The van der Waals surface area contributed by atoms with Crippen LogP contribution in [0.25, 0.3) is 5.69 Å². The molecule has 4 rings (SSSR count). The Balaban J connectivity index is 1.61. The maximum Gasteiger partial charge on any atom is 0.196 e. The normalized spacial score (nSPS) is 15.1. The smallest absolute Gasteiger partial charge is 0.196 e. The van der Waals surface area contributed by atoms with E-state index in [1.54, 1.807) is 24.3 Å². The minimum Gasteiger partial charge on any atom is -0.296 e. The average Bonchev–Trinajstić information content (AvgIpc) is 3.11. The van der Waals surface area contributed by atoms with Crippen molar-refractivity contribution in [3.8, 4) is 5.69 Å². The van der Waals surface area contributed by atoms with Crippen molar-refractivity contribution in [1.82, 2.24) is 19.7 Å². The Hall–Kier alpha value is -2.25. The summed E-state index contributed by atoms with van der Waals surface area (Å²) >= 11 is 1.43. The second-order valence-corrected chi connectivity index (χ2v) is 7.87. The highest BCUT2D eigenvalue weighted by molar-refractivity contribution is 7.98. The molecular formula is C21H22F2N4S. The van der Waals surface area contributed by atoms with Gasteiger partial charge in [-0.15, -0.1) is 10.2 Å². The number of benzene rings is 2. The third kappa shape index (κ3) is 4.42. The zero-order chi connectivity index (χ0) is 19.3. The van der Waals surface area contributed by atoms with Crippen molar-refractivity contribution in [2.45, 2.75) is 36.7 Å². The van der Waals surface area contributed by atoms with Crippen LogP contribution < -0.4 is 0 Å². The van der Waals surface area contributed by atoms with Gasteiger partial charge in [0.25, 0.3) is 0 Å². The lowest BCUT2D eigenvalue weighted by molar-refractivity contribution is 0.214. The van der Waals surface area contributed by atoms with Gasteiger partial charge in [-0.1, -0.05) is 36.4 Å². The van der Waals surface area contributed by atoms with Crippen LogP contribution in [-0.4, -0.2) is 32.8 Å². The van der Waals surface area contributed by atoms with Crippen molar-refractivity contribution in [2.75, 3.05) is 13.1 Å². The van der Waals surface area contributed by atoms with Crippen LogP contribution in [0.4, 0.5) is 8.78 Å². The number of thioether (sulfide) groups is 1. The average molecular weight is 400 g/mol. The zero-order valence-electron chi connectivity index (χ0n) is 15.5. The number of likely N-dealkylation sites (tertiary alicyclic amines) is 1. The first-order chi connectivity index (χ1) is 13.7.